The van der Waals surface area contributed by atoms with Crippen LogP contribution in [0.4, 0.5) is 17.1 Å². The van der Waals surface area contributed by atoms with E-state index in [0.29, 0.717) is 6.17 Å². The second kappa shape index (κ2) is 6.19. The summed E-state index contributed by atoms with van der Waals surface area (Å²) in [6.45, 7) is 2.26. The molecule has 2 aliphatic heterocycles. The van der Waals surface area contributed by atoms with Gasteiger partial charge in [0.25, 0.3) is 0 Å². The molecule has 2 aliphatic rings. The third kappa shape index (κ3) is 2.35. The van der Waals surface area contributed by atoms with Gasteiger partial charge in [-0.15, -0.1) is 12.0 Å². The Morgan fingerprint density at radius 3 is 2.20 bits per heavy atom. The topological polar surface area (TPSA) is 6.48 Å². The first kappa shape index (κ1) is 16.7. The van der Waals surface area contributed by atoms with Gasteiger partial charge in [0.2, 0.25) is 0 Å². The van der Waals surface area contributed by atoms with Crippen LogP contribution in [0, 0.1) is 5.92 Å². The van der Waals surface area contributed by atoms with Gasteiger partial charge in [-0.05, 0) is 23.3 Å². The molecule has 3 aromatic carbocycles. The zero-order chi connectivity index (χ0) is 16.3. The van der Waals surface area contributed by atoms with Crippen LogP contribution in [0.3, 0.4) is 0 Å². The third-order valence-electron chi connectivity index (χ3n) is 5.31. The average Bonchev–Trinajstić information content (AvgIpc) is 3.10. The van der Waals surface area contributed by atoms with Crippen molar-refractivity contribution >= 4 is 17.1 Å². The minimum absolute atomic E-state index is 0. The van der Waals surface area contributed by atoms with Crippen molar-refractivity contribution < 1.29 is 32.7 Å². The second-order valence-corrected chi connectivity index (χ2v) is 6.62. The van der Waals surface area contributed by atoms with Crippen LogP contribution in [-0.2, 0) is 32.7 Å². The van der Waals surface area contributed by atoms with E-state index in [2.05, 4.69) is 96.6 Å². The summed E-state index contributed by atoms with van der Waals surface area (Å²) < 4.78 is 0. The average molecular weight is 400 g/mol. The summed E-state index contributed by atoms with van der Waals surface area (Å²) >= 11 is 0. The first-order valence-electron chi connectivity index (χ1n) is 8.40. The van der Waals surface area contributed by atoms with Crippen molar-refractivity contribution in [3.63, 3.8) is 0 Å². The third-order valence-corrected chi connectivity index (χ3v) is 5.31. The molecule has 121 valence electrons. The van der Waals surface area contributed by atoms with Crippen LogP contribution in [0.5, 0.6) is 0 Å². The Hall–Kier alpha value is -1.77. The van der Waals surface area contributed by atoms with E-state index in [9.17, 15) is 0 Å². The number of para-hydroxylation sites is 2. The predicted molar refractivity (Wildman–Crippen MR) is 101 cm³/mol. The number of nitrogens with zero attached hydrogens (tertiary/aromatic N) is 2. The first-order valence-corrected chi connectivity index (χ1v) is 8.40. The van der Waals surface area contributed by atoms with Gasteiger partial charge >= 0.3 is 0 Å². The predicted octanol–water partition coefficient (Wildman–Crippen LogP) is 5.22. The van der Waals surface area contributed by atoms with E-state index in [1.807, 2.05) is 0 Å². The molecule has 0 aromatic heterocycles. The van der Waals surface area contributed by atoms with Gasteiger partial charge < -0.3 is 9.80 Å². The number of hydrogen-bond donors (Lipinski definition) is 0. The van der Waals surface area contributed by atoms with Gasteiger partial charge in [-0.1, -0.05) is 61.1 Å². The number of rotatable bonds is 1. The van der Waals surface area contributed by atoms with Crippen LogP contribution in [0.15, 0.2) is 72.8 Å². The van der Waals surface area contributed by atoms with E-state index in [0.717, 1.165) is 0 Å². The Morgan fingerprint density at radius 1 is 0.760 bits per heavy atom. The van der Waals surface area contributed by atoms with Crippen LogP contribution in [-0.4, -0.2) is 13.2 Å². The summed E-state index contributed by atoms with van der Waals surface area (Å²) in [4.78, 5) is 4.86. The molecule has 1 unspecified atom stereocenters. The van der Waals surface area contributed by atoms with E-state index < -0.39 is 0 Å². The molecule has 0 bridgehead atoms. The maximum Gasteiger partial charge on any atom is 0.0719 e. The largest absolute Gasteiger partial charge is 0.380 e. The van der Waals surface area contributed by atoms with Crippen molar-refractivity contribution in [2.24, 2.45) is 0 Å². The van der Waals surface area contributed by atoms with Crippen molar-refractivity contribution in [1.29, 1.82) is 0 Å². The van der Waals surface area contributed by atoms with E-state index in [-0.39, 0.29) is 32.7 Å². The SMILES string of the molecule is C[C-]1c2ccc(-c3ccccc3)cc2N2c3ccccc3N(C)C12.[Y]. The molecule has 0 fully saturated rings. The standard InChI is InChI=1S/C22H19N2.Y/c1-15-18-13-12-17(16-8-4-3-5-9-16)14-21(18)24-20-11-7-6-10-19(20)23(2)22(15)24;/h3-14,22H,1-2H3;/q-1;. The molecule has 0 N–H and O–H groups in total. The fraction of sp³-hybridized carbons (Fsp3) is 0.136. The van der Waals surface area contributed by atoms with Gasteiger partial charge in [0.15, 0.2) is 0 Å². The summed E-state index contributed by atoms with van der Waals surface area (Å²) in [5.41, 5.74) is 7.82. The van der Waals surface area contributed by atoms with E-state index in [1.54, 1.807) is 0 Å². The smallest absolute Gasteiger partial charge is 0.0719 e. The molecule has 0 saturated heterocycles. The molecule has 0 saturated carbocycles. The summed E-state index contributed by atoms with van der Waals surface area (Å²) in [6, 6.07) is 26.2. The van der Waals surface area contributed by atoms with Crippen LogP contribution in [0.2, 0.25) is 0 Å². The number of fused-ring (bicyclic) bond motifs is 5. The van der Waals surface area contributed by atoms with Crippen molar-refractivity contribution in [2.75, 3.05) is 16.8 Å². The van der Waals surface area contributed by atoms with Crippen LogP contribution in [0.25, 0.3) is 11.1 Å². The number of benzene rings is 3. The Morgan fingerprint density at radius 2 is 1.44 bits per heavy atom. The van der Waals surface area contributed by atoms with Gasteiger partial charge in [-0.2, -0.15) is 11.6 Å². The van der Waals surface area contributed by atoms with E-state index in [1.165, 1.54) is 39.7 Å². The molecule has 0 amide bonds. The molecule has 0 aliphatic carbocycles. The van der Waals surface area contributed by atoms with Gasteiger partial charge in [0, 0.05) is 39.8 Å². The summed E-state index contributed by atoms with van der Waals surface area (Å²) in [5.74, 6) is 1.42. The number of anilines is 3. The Labute approximate surface area is 174 Å². The van der Waals surface area contributed by atoms with Gasteiger partial charge in [0.1, 0.15) is 0 Å². The zero-order valence-electron chi connectivity index (χ0n) is 14.5. The van der Waals surface area contributed by atoms with Crippen molar-refractivity contribution in [2.45, 2.75) is 13.1 Å². The van der Waals surface area contributed by atoms with Crippen LogP contribution < -0.4 is 9.80 Å². The summed E-state index contributed by atoms with van der Waals surface area (Å²) in [7, 11) is 2.19. The summed E-state index contributed by atoms with van der Waals surface area (Å²) in [6.07, 6.45) is 0.295. The Kier molecular flexibility index (Phi) is 4.13. The molecule has 3 heteroatoms. The molecule has 2 heterocycles. The minimum atomic E-state index is 0. The first-order chi connectivity index (χ1) is 11.8. The Balaban J connectivity index is 0.00000157. The molecule has 1 atom stereocenters. The van der Waals surface area contributed by atoms with Crippen LogP contribution >= 0.6 is 0 Å². The quantitative estimate of drug-likeness (QED) is 0.517. The van der Waals surface area contributed by atoms with Crippen molar-refractivity contribution in [3.05, 3.63) is 84.3 Å². The van der Waals surface area contributed by atoms with Gasteiger partial charge in [-0.25, -0.2) is 0 Å². The summed E-state index contributed by atoms with van der Waals surface area (Å²) in [5, 5.41) is 0. The Bertz CT molecular complexity index is 922. The molecule has 0 spiro atoms. The van der Waals surface area contributed by atoms with Crippen molar-refractivity contribution in [3.8, 4) is 11.1 Å². The van der Waals surface area contributed by atoms with E-state index >= 15 is 0 Å². The van der Waals surface area contributed by atoms with Crippen LogP contribution in [0.1, 0.15) is 12.5 Å². The maximum absolute atomic E-state index is 2.48. The molecule has 3 aromatic rings. The molecular weight excluding hydrogens is 381 g/mol. The monoisotopic (exact) mass is 400 g/mol. The molecular formula is C22H19N2Y-. The molecule has 2 nitrogen and oxygen atoms in total. The van der Waals surface area contributed by atoms with E-state index in [4.69, 9.17) is 0 Å². The maximum atomic E-state index is 2.48. The molecule has 1 radical (unpaired) electrons. The fourth-order valence-corrected chi connectivity index (χ4v) is 4.16. The molecule has 25 heavy (non-hydrogen) atoms. The zero-order valence-corrected chi connectivity index (χ0v) is 17.3. The number of hydrogen-bond acceptors (Lipinski definition) is 2. The van der Waals surface area contributed by atoms with Gasteiger partial charge in [0.05, 0.1) is 17.5 Å². The molecule has 5 rings (SSSR count). The van der Waals surface area contributed by atoms with Crippen molar-refractivity contribution in [1.82, 2.24) is 0 Å². The van der Waals surface area contributed by atoms with Gasteiger partial charge in [-0.3, -0.25) is 0 Å². The number of likely N-dealkylation sites (N-methyl/N-ethyl adjacent to an activating group) is 1. The fourth-order valence-electron chi connectivity index (χ4n) is 4.16. The minimum Gasteiger partial charge on any atom is -0.380 e. The normalized spacial score (nSPS) is 17.0. The second-order valence-electron chi connectivity index (χ2n) is 6.62.